The number of nitrogens with one attached hydrogen (secondary N) is 2. The number of carbonyl (C=O) groups is 1. The molecule has 1 saturated heterocycles. The van der Waals surface area contributed by atoms with E-state index in [2.05, 4.69) is 31.5 Å². The van der Waals surface area contributed by atoms with Crippen LogP contribution in [0.5, 0.6) is 0 Å². The van der Waals surface area contributed by atoms with E-state index in [1.807, 2.05) is 42.5 Å². The van der Waals surface area contributed by atoms with Crippen LogP contribution in [0, 0.1) is 0 Å². The molecule has 7 heteroatoms. The number of amides is 1. The van der Waals surface area contributed by atoms with E-state index < -0.39 is 0 Å². The van der Waals surface area contributed by atoms with Gasteiger partial charge >= 0.3 is 0 Å². The zero-order chi connectivity index (χ0) is 17.6. The monoisotopic (exact) mass is 423 g/mol. The number of hydrogen-bond acceptors (Lipinski definition) is 4. The highest BCUT2D eigenvalue weighted by atomic mass is 79.9. The second kappa shape index (κ2) is 8.56. The number of carbonyl (C=O) groups excluding carboxylic acids is 1. The van der Waals surface area contributed by atoms with Crippen LogP contribution in [-0.4, -0.2) is 38.8 Å². The predicted octanol–water partition coefficient (Wildman–Crippen LogP) is 3.99. The van der Waals surface area contributed by atoms with E-state index in [0.717, 1.165) is 34.6 Å². The minimum absolute atomic E-state index is 0.116. The van der Waals surface area contributed by atoms with E-state index in [-0.39, 0.29) is 12.5 Å². The lowest BCUT2D eigenvalue weighted by Gasteiger charge is -2.30. The van der Waals surface area contributed by atoms with Crippen LogP contribution >= 0.6 is 27.5 Å². The third-order valence-electron chi connectivity index (χ3n) is 3.88. The molecule has 132 valence electrons. The van der Waals surface area contributed by atoms with Crippen LogP contribution in [0.25, 0.3) is 0 Å². The number of ether oxygens (including phenoxy) is 1. The third-order valence-corrected chi connectivity index (χ3v) is 4.64. The van der Waals surface area contributed by atoms with E-state index in [9.17, 15) is 4.79 Å². The minimum atomic E-state index is -0.116. The standard InChI is InChI=1S/C18H19BrClN3O2/c19-13-1-4-15(5-2-13)22-18(24)12-21-16-11-14(20)3-6-17(16)23-7-9-25-10-8-23/h1-6,11,21H,7-10,12H2,(H,22,24). The molecule has 2 aromatic carbocycles. The van der Waals surface area contributed by atoms with Gasteiger partial charge in [0.25, 0.3) is 0 Å². The van der Waals surface area contributed by atoms with Crippen LogP contribution in [0.15, 0.2) is 46.9 Å². The van der Waals surface area contributed by atoms with Gasteiger partial charge in [-0.25, -0.2) is 0 Å². The Morgan fingerprint density at radius 1 is 1.16 bits per heavy atom. The lowest BCUT2D eigenvalue weighted by atomic mass is 10.2. The summed E-state index contributed by atoms with van der Waals surface area (Å²) in [5.41, 5.74) is 2.64. The van der Waals surface area contributed by atoms with Crippen LogP contribution in [0.1, 0.15) is 0 Å². The van der Waals surface area contributed by atoms with Crippen LogP contribution in [0.3, 0.4) is 0 Å². The summed E-state index contributed by atoms with van der Waals surface area (Å²) in [6, 6.07) is 13.1. The van der Waals surface area contributed by atoms with Crippen molar-refractivity contribution in [3.8, 4) is 0 Å². The summed E-state index contributed by atoms with van der Waals surface area (Å²) in [5.74, 6) is -0.116. The maximum atomic E-state index is 12.2. The summed E-state index contributed by atoms with van der Waals surface area (Å²) in [7, 11) is 0. The normalized spacial score (nSPS) is 14.2. The Bertz CT molecular complexity index is 734. The molecule has 1 amide bonds. The average molecular weight is 425 g/mol. The zero-order valence-corrected chi connectivity index (χ0v) is 15.9. The maximum Gasteiger partial charge on any atom is 0.243 e. The van der Waals surface area contributed by atoms with E-state index in [0.29, 0.717) is 18.2 Å². The molecule has 0 saturated carbocycles. The van der Waals surface area contributed by atoms with Gasteiger partial charge in [0.05, 0.1) is 31.1 Å². The summed E-state index contributed by atoms with van der Waals surface area (Å²) >= 11 is 9.50. The van der Waals surface area contributed by atoms with Crippen molar-refractivity contribution in [2.75, 3.05) is 48.4 Å². The SMILES string of the molecule is O=C(CNc1cc(Cl)ccc1N1CCOCC1)Nc1ccc(Br)cc1. The molecule has 1 aliphatic heterocycles. The first-order valence-electron chi connectivity index (χ1n) is 8.03. The number of morpholine rings is 1. The van der Waals surface area contributed by atoms with Gasteiger partial charge in [-0.15, -0.1) is 0 Å². The molecule has 3 rings (SSSR count). The number of hydrogen-bond donors (Lipinski definition) is 2. The molecule has 1 aliphatic rings. The number of anilines is 3. The highest BCUT2D eigenvalue weighted by molar-refractivity contribution is 9.10. The van der Waals surface area contributed by atoms with Crippen molar-refractivity contribution in [2.45, 2.75) is 0 Å². The van der Waals surface area contributed by atoms with Crippen molar-refractivity contribution in [1.29, 1.82) is 0 Å². The van der Waals surface area contributed by atoms with Crippen LogP contribution < -0.4 is 15.5 Å². The number of nitrogens with zero attached hydrogens (tertiary/aromatic N) is 1. The van der Waals surface area contributed by atoms with Crippen molar-refractivity contribution < 1.29 is 9.53 Å². The van der Waals surface area contributed by atoms with E-state index >= 15 is 0 Å². The fourth-order valence-electron chi connectivity index (χ4n) is 2.64. The molecule has 2 aromatic rings. The molecular formula is C18H19BrClN3O2. The lowest BCUT2D eigenvalue weighted by molar-refractivity contribution is -0.114. The van der Waals surface area contributed by atoms with Crippen molar-refractivity contribution in [2.24, 2.45) is 0 Å². The first kappa shape index (κ1) is 18.0. The Morgan fingerprint density at radius 2 is 1.88 bits per heavy atom. The van der Waals surface area contributed by atoms with Crippen LogP contribution in [0.2, 0.25) is 5.02 Å². The Labute approximate surface area is 160 Å². The van der Waals surface area contributed by atoms with Crippen molar-refractivity contribution >= 4 is 50.5 Å². The topological polar surface area (TPSA) is 53.6 Å². The molecular weight excluding hydrogens is 406 g/mol. The highest BCUT2D eigenvalue weighted by Crippen LogP contribution is 2.29. The fourth-order valence-corrected chi connectivity index (χ4v) is 3.08. The van der Waals surface area contributed by atoms with Gasteiger partial charge in [0.2, 0.25) is 5.91 Å². The van der Waals surface area contributed by atoms with Gasteiger partial charge in [-0.1, -0.05) is 27.5 Å². The van der Waals surface area contributed by atoms with Crippen LogP contribution in [0.4, 0.5) is 17.1 Å². The average Bonchev–Trinajstić information content (AvgIpc) is 2.63. The molecule has 0 spiro atoms. The molecule has 0 aromatic heterocycles. The number of benzene rings is 2. The van der Waals surface area contributed by atoms with Crippen molar-refractivity contribution in [3.63, 3.8) is 0 Å². The Hall–Kier alpha value is -1.76. The summed E-state index contributed by atoms with van der Waals surface area (Å²) in [6.45, 7) is 3.20. The quantitative estimate of drug-likeness (QED) is 0.762. The van der Waals surface area contributed by atoms with E-state index in [4.69, 9.17) is 16.3 Å². The molecule has 5 nitrogen and oxygen atoms in total. The molecule has 0 bridgehead atoms. The third kappa shape index (κ3) is 5.11. The van der Waals surface area contributed by atoms with Gasteiger partial charge in [-0.2, -0.15) is 0 Å². The Balaban J connectivity index is 1.64. The molecule has 25 heavy (non-hydrogen) atoms. The Morgan fingerprint density at radius 3 is 2.60 bits per heavy atom. The molecule has 1 fully saturated rings. The summed E-state index contributed by atoms with van der Waals surface area (Å²) in [4.78, 5) is 14.4. The second-order valence-corrected chi connectivity index (χ2v) is 7.02. The first-order valence-corrected chi connectivity index (χ1v) is 9.20. The lowest BCUT2D eigenvalue weighted by Crippen LogP contribution is -2.36. The van der Waals surface area contributed by atoms with Gasteiger partial charge in [0.15, 0.2) is 0 Å². The summed E-state index contributed by atoms with van der Waals surface area (Å²) < 4.78 is 6.37. The molecule has 0 radical (unpaired) electrons. The van der Waals surface area contributed by atoms with Gasteiger partial charge in [-0.3, -0.25) is 4.79 Å². The van der Waals surface area contributed by atoms with Gasteiger partial charge in [-0.05, 0) is 42.5 Å². The summed E-state index contributed by atoms with van der Waals surface area (Å²) in [6.07, 6.45) is 0. The highest BCUT2D eigenvalue weighted by Gasteiger charge is 2.15. The van der Waals surface area contributed by atoms with E-state index in [1.54, 1.807) is 0 Å². The molecule has 0 unspecified atom stereocenters. The van der Waals surface area contributed by atoms with Crippen molar-refractivity contribution in [3.05, 3.63) is 52.0 Å². The smallest absolute Gasteiger partial charge is 0.243 e. The maximum absolute atomic E-state index is 12.2. The predicted molar refractivity (Wildman–Crippen MR) is 106 cm³/mol. The van der Waals surface area contributed by atoms with Gasteiger partial charge < -0.3 is 20.3 Å². The second-order valence-electron chi connectivity index (χ2n) is 5.67. The largest absolute Gasteiger partial charge is 0.378 e. The zero-order valence-electron chi connectivity index (χ0n) is 13.6. The number of halogens is 2. The van der Waals surface area contributed by atoms with Gasteiger partial charge in [0, 0.05) is 28.3 Å². The van der Waals surface area contributed by atoms with Crippen LogP contribution in [-0.2, 0) is 9.53 Å². The van der Waals surface area contributed by atoms with Crippen molar-refractivity contribution in [1.82, 2.24) is 0 Å². The molecule has 2 N–H and O–H groups in total. The number of rotatable bonds is 5. The Kier molecular flexibility index (Phi) is 6.18. The molecule has 0 atom stereocenters. The summed E-state index contributed by atoms with van der Waals surface area (Å²) in [5, 5.41) is 6.69. The van der Waals surface area contributed by atoms with Gasteiger partial charge in [0.1, 0.15) is 0 Å². The minimum Gasteiger partial charge on any atom is -0.378 e. The fraction of sp³-hybridized carbons (Fsp3) is 0.278. The molecule has 1 heterocycles. The first-order chi connectivity index (χ1) is 12.1. The molecule has 0 aliphatic carbocycles. The van der Waals surface area contributed by atoms with E-state index in [1.165, 1.54) is 0 Å².